The summed E-state index contributed by atoms with van der Waals surface area (Å²) in [6, 6.07) is 8.16. The highest BCUT2D eigenvalue weighted by Gasteiger charge is 2.21. The number of fused-ring (bicyclic) bond motifs is 1. The van der Waals surface area contributed by atoms with Crippen LogP contribution >= 0.6 is 0 Å². The third-order valence-electron chi connectivity index (χ3n) is 3.20. The van der Waals surface area contributed by atoms with Crippen molar-refractivity contribution in [1.82, 2.24) is 9.78 Å². The first-order valence-electron chi connectivity index (χ1n) is 5.93. The predicted molar refractivity (Wildman–Crippen MR) is 65.6 cm³/mol. The normalized spacial score (nSPS) is 14.8. The highest BCUT2D eigenvalue weighted by atomic mass is 16.1. The van der Waals surface area contributed by atoms with Crippen molar-refractivity contribution in [3.05, 3.63) is 47.3 Å². The zero-order chi connectivity index (χ0) is 11.8. The first kappa shape index (κ1) is 10.3. The van der Waals surface area contributed by atoms with Gasteiger partial charge >= 0.3 is 0 Å². The van der Waals surface area contributed by atoms with Crippen LogP contribution < -0.4 is 0 Å². The van der Waals surface area contributed by atoms with E-state index in [1.54, 1.807) is 0 Å². The summed E-state index contributed by atoms with van der Waals surface area (Å²) in [7, 11) is 0. The van der Waals surface area contributed by atoms with E-state index in [-0.39, 0.29) is 5.78 Å². The maximum absolute atomic E-state index is 11.7. The highest BCUT2D eigenvalue weighted by Crippen LogP contribution is 2.21. The van der Waals surface area contributed by atoms with Gasteiger partial charge in [0.1, 0.15) is 5.69 Å². The number of aryl methyl sites for hydroxylation is 2. The summed E-state index contributed by atoms with van der Waals surface area (Å²) in [5, 5.41) is 4.40. The van der Waals surface area contributed by atoms with Gasteiger partial charge in [0, 0.05) is 18.2 Å². The average molecular weight is 226 g/mol. The number of carbonyl (C=O) groups excluding carboxylic acids is 1. The molecule has 0 spiro atoms. The second kappa shape index (κ2) is 3.84. The van der Waals surface area contributed by atoms with E-state index in [9.17, 15) is 4.79 Å². The van der Waals surface area contributed by atoms with Gasteiger partial charge < -0.3 is 0 Å². The number of rotatable bonds is 1. The van der Waals surface area contributed by atoms with Crippen molar-refractivity contribution < 1.29 is 4.79 Å². The van der Waals surface area contributed by atoms with Crippen molar-refractivity contribution in [3.63, 3.8) is 0 Å². The molecule has 1 aromatic heterocycles. The van der Waals surface area contributed by atoms with Crippen LogP contribution in [0.3, 0.4) is 0 Å². The van der Waals surface area contributed by atoms with Gasteiger partial charge in [-0.15, -0.1) is 0 Å². The van der Waals surface area contributed by atoms with Crippen LogP contribution in [0.5, 0.6) is 0 Å². The molecule has 0 fully saturated rings. The molecule has 0 bridgehead atoms. The lowest BCUT2D eigenvalue weighted by Gasteiger charge is -2.05. The quantitative estimate of drug-likeness (QED) is 0.749. The minimum atomic E-state index is 0.178. The first-order chi connectivity index (χ1) is 8.24. The molecule has 3 heteroatoms. The van der Waals surface area contributed by atoms with Crippen LogP contribution in [0, 0.1) is 6.92 Å². The SMILES string of the molecule is Cc1ccc(-n2cc3c(n2)C(=O)CCC3)cc1. The standard InChI is InChI=1S/C14H14N2O/c1-10-5-7-12(8-6-10)16-9-11-3-2-4-13(17)14(11)15-16/h5-9H,2-4H2,1H3. The van der Waals surface area contributed by atoms with E-state index in [4.69, 9.17) is 0 Å². The number of Topliss-reactive ketones (excluding diaryl/α,β-unsaturated/α-hetero) is 1. The molecule has 3 nitrogen and oxygen atoms in total. The van der Waals surface area contributed by atoms with Gasteiger partial charge in [-0.3, -0.25) is 4.79 Å². The largest absolute Gasteiger partial charge is 0.292 e. The number of hydrogen-bond donors (Lipinski definition) is 0. The van der Waals surface area contributed by atoms with E-state index in [2.05, 4.69) is 24.2 Å². The van der Waals surface area contributed by atoms with Gasteiger partial charge in [0.25, 0.3) is 0 Å². The van der Waals surface area contributed by atoms with Crippen molar-refractivity contribution >= 4 is 5.78 Å². The zero-order valence-corrected chi connectivity index (χ0v) is 9.81. The van der Waals surface area contributed by atoms with Crippen LogP contribution in [-0.2, 0) is 6.42 Å². The number of benzene rings is 1. The molecular weight excluding hydrogens is 212 g/mol. The summed E-state index contributed by atoms with van der Waals surface area (Å²) in [6.45, 7) is 2.06. The first-order valence-corrected chi connectivity index (χ1v) is 5.93. The van der Waals surface area contributed by atoms with Crippen molar-refractivity contribution in [2.24, 2.45) is 0 Å². The second-order valence-electron chi connectivity index (χ2n) is 4.56. The number of nitrogens with zero attached hydrogens (tertiary/aromatic N) is 2. The van der Waals surface area contributed by atoms with Crippen LogP contribution in [0.25, 0.3) is 5.69 Å². The van der Waals surface area contributed by atoms with E-state index in [0.717, 1.165) is 24.1 Å². The van der Waals surface area contributed by atoms with Gasteiger partial charge in [-0.05, 0) is 31.9 Å². The van der Waals surface area contributed by atoms with Crippen LogP contribution in [0.4, 0.5) is 0 Å². The Kier molecular flexibility index (Phi) is 2.32. The smallest absolute Gasteiger partial charge is 0.183 e. The Labute approximate surface area is 100 Å². The van der Waals surface area contributed by atoms with Gasteiger partial charge in [-0.25, -0.2) is 4.68 Å². The van der Waals surface area contributed by atoms with E-state index in [1.165, 1.54) is 5.56 Å². The molecule has 0 amide bonds. The lowest BCUT2D eigenvalue weighted by atomic mass is 9.97. The maximum atomic E-state index is 11.7. The van der Waals surface area contributed by atoms with Gasteiger partial charge in [0.2, 0.25) is 0 Å². The number of carbonyl (C=O) groups is 1. The Morgan fingerprint density at radius 2 is 1.94 bits per heavy atom. The molecule has 0 aliphatic heterocycles. The minimum absolute atomic E-state index is 0.178. The van der Waals surface area contributed by atoms with Gasteiger partial charge in [-0.1, -0.05) is 17.7 Å². The molecule has 3 rings (SSSR count). The number of aromatic nitrogens is 2. The van der Waals surface area contributed by atoms with Crippen LogP contribution in [0.2, 0.25) is 0 Å². The Hall–Kier alpha value is -1.90. The zero-order valence-electron chi connectivity index (χ0n) is 9.81. The fourth-order valence-corrected chi connectivity index (χ4v) is 2.21. The summed E-state index contributed by atoms with van der Waals surface area (Å²) in [6.07, 6.45) is 4.54. The Bertz CT molecular complexity index is 566. The molecule has 0 radical (unpaired) electrons. The average Bonchev–Trinajstić information content (AvgIpc) is 2.75. The molecule has 0 saturated carbocycles. The lowest BCUT2D eigenvalue weighted by molar-refractivity contribution is 0.0967. The van der Waals surface area contributed by atoms with Crippen molar-refractivity contribution in [3.8, 4) is 5.69 Å². The molecule has 0 unspecified atom stereocenters. The molecule has 17 heavy (non-hydrogen) atoms. The molecule has 1 heterocycles. The molecular formula is C14H14N2O. The Morgan fingerprint density at radius 1 is 1.18 bits per heavy atom. The molecule has 1 aliphatic rings. The Morgan fingerprint density at radius 3 is 2.65 bits per heavy atom. The fraction of sp³-hybridized carbons (Fsp3) is 0.286. The number of ketones is 1. The molecule has 1 aliphatic carbocycles. The van der Waals surface area contributed by atoms with Crippen LogP contribution in [0.15, 0.2) is 30.5 Å². The third-order valence-corrected chi connectivity index (χ3v) is 3.20. The molecule has 1 aromatic carbocycles. The lowest BCUT2D eigenvalue weighted by Crippen LogP contribution is -2.09. The summed E-state index contributed by atoms with van der Waals surface area (Å²) >= 11 is 0. The highest BCUT2D eigenvalue weighted by molar-refractivity contribution is 5.96. The summed E-state index contributed by atoms with van der Waals surface area (Å²) in [4.78, 5) is 11.7. The minimum Gasteiger partial charge on any atom is -0.292 e. The summed E-state index contributed by atoms with van der Waals surface area (Å²) < 4.78 is 1.81. The Balaban J connectivity index is 2.05. The second-order valence-corrected chi connectivity index (χ2v) is 4.56. The van der Waals surface area contributed by atoms with Crippen LogP contribution in [0.1, 0.15) is 34.5 Å². The van der Waals surface area contributed by atoms with Crippen molar-refractivity contribution in [2.45, 2.75) is 26.2 Å². The number of hydrogen-bond acceptors (Lipinski definition) is 2. The fourth-order valence-electron chi connectivity index (χ4n) is 2.21. The van der Waals surface area contributed by atoms with E-state index in [1.807, 2.05) is 23.0 Å². The van der Waals surface area contributed by atoms with E-state index >= 15 is 0 Å². The summed E-state index contributed by atoms with van der Waals surface area (Å²) in [5.74, 6) is 0.178. The van der Waals surface area contributed by atoms with Gasteiger partial charge in [0.05, 0.1) is 5.69 Å². The van der Waals surface area contributed by atoms with E-state index < -0.39 is 0 Å². The van der Waals surface area contributed by atoms with Gasteiger partial charge in [-0.2, -0.15) is 5.10 Å². The molecule has 0 atom stereocenters. The van der Waals surface area contributed by atoms with E-state index in [0.29, 0.717) is 12.1 Å². The maximum Gasteiger partial charge on any atom is 0.183 e. The van der Waals surface area contributed by atoms with Gasteiger partial charge in [0.15, 0.2) is 5.78 Å². The third kappa shape index (κ3) is 1.78. The van der Waals surface area contributed by atoms with Crippen molar-refractivity contribution in [1.29, 1.82) is 0 Å². The van der Waals surface area contributed by atoms with Crippen molar-refractivity contribution in [2.75, 3.05) is 0 Å². The molecule has 86 valence electrons. The molecule has 2 aromatic rings. The monoisotopic (exact) mass is 226 g/mol. The van der Waals surface area contributed by atoms with Crippen LogP contribution in [-0.4, -0.2) is 15.6 Å². The topological polar surface area (TPSA) is 34.9 Å². The predicted octanol–water partition coefficient (Wildman–Crippen LogP) is 2.70. The summed E-state index contributed by atoms with van der Waals surface area (Å²) in [5.41, 5.74) is 3.98. The molecule has 0 N–H and O–H groups in total. The molecule has 0 saturated heterocycles.